The minimum atomic E-state index is -0.458. The number of rotatable bonds is 6. The van der Waals surface area contributed by atoms with E-state index in [0.29, 0.717) is 12.0 Å². The fourth-order valence-corrected chi connectivity index (χ4v) is 2.79. The molecule has 1 heterocycles. The summed E-state index contributed by atoms with van der Waals surface area (Å²) in [5.41, 5.74) is 2.24. The predicted molar refractivity (Wildman–Crippen MR) is 97.7 cm³/mol. The summed E-state index contributed by atoms with van der Waals surface area (Å²) in [5, 5.41) is 0. The number of hydrogen-bond donors (Lipinski definition) is 0. The number of carbonyl (C=O) groups excluding carboxylic acids is 2. The molecule has 0 N–H and O–H groups in total. The average molecular weight is 342 g/mol. The van der Waals surface area contributed by atoms with Gasteiger partial charge in [0.25, 0.3) is 0 Å². The highest BCUT2D eigenvalue weighted by Gasteiger charge is 2.23. The summed E-state index contributed by atoms with van der Waals surface area (Å²) in [7, 11) is 0. The Hall–Kier alpha value is -2.36. The topological polar surface area (TPSA) is 52.6 Å². The van der Waals surface area contributed by atoms with E-state index in [9.17, 15) is 9.59 Å². The van der Waals surface area contributed by atoms with Crippen LogP contribution in [0.15, 0.2) is 42.2 Å². The molecule has 0 saturated heterocycles. The van der Waals surface area contributed by atoms with Gasteiger partial charge >= 0.3 is 5.97 Å². The van der Waals surface area contributed by atoms with Gasteiger partial charge in [0.15, 0.2) is 0 Å². The molecule has 1 unspecified atom stereocenters. The van der Waals surface area contributed by atoms with Crippen LogP contribution >= 0.6 is 0 Å². The van der Waals surface area contributed by atoms with Gasteiger partial charge in [0, 0.05) is 24.0 Å². The summed E-state index contributed by atoms with van der Waals surface area (Å²) in [6, 6.07) is 7.83. The van der Waals surface area contributed by atoms with Gasteiger partial charge in [-0.3, -0.25) is 4.79 Å². The molecule has 25 heavy (non-hydrogen) atoms. The van der Waals surface area contributed by atoms with Crippen molar-refractivity contribution in [2.45, 2.75) is 46.6 Å². The van der Waals surface area contributed by atoms with E-state index in [1.807, 2.05) is 51.1 Å². The molecule has 4 nitrogen and oxygen atoms in total. The Morgan fingerprint density at radius 2 is 1.96 bits per heavy atom. The highest BCUT2D eigenvalue weighted by atomic mass is 16.5. The van der Waals surface area contributed by atoms with Crippen molar-refractivity contribution in [2.24, 2.45) is 5.41 Å². The molecule has 1 aliphatic heterocycles. The lowest BCUT2D eigenvalue weighted by Gasteiger charge is -2.21. The Morgan fingerprint density at radius 1 is 1.24 bits per heavy atom. The fraction of sp³-hybridized carbons (Fsp3) is 0.429. The number of ketones is 1. The first-order valence-corrected chi connectivity index (χ1v) is 8.60. The Morgan fingerprint density at radius 3 is 2.64 bits per heavy atom. The SMILES string of the molecule is CCOC(=O)/C(=C/C1OC=Cc2ccccc21)CC(=O)CC(C)(C)C. The van der Waals surface area contributed by atoms with E-state index in [-0.39, 0.29) is 24.2 Å². The van der Waals surface area contributed by atoms with Crippen molar-refractivity contribution in [1.29, 1.82) is 0 Å². The third kappa shape index (κ3) is 5.59. The minimum Gasteiger partial charge on any atom is -0.489 e. The van der Waals surface area contributed by atoms with Gasteiger partial charge in [-0.2, -0.15) is 0 Å². The van der Waals surface area contributed by atoms with E-state index < -0.39 is 12.1 Å². The van der Waals surface area contributed by atoms with Crippen molar-refractivity contribution in [3.05, 3.63) is 53.3 Å². The van der Waals surface area contributed by atoms with Gasteiger partial charge in [0.1, 0.15) is 11.9 Å². The maximum atomic E-state index is 12.4. The Balaban J connectivity index is 2.26. The Bertz CT molecular complexity index is 692. The van der Waals surface area contributed by atoms with E-state index in [4.69, 9.17) is 9.47 Å². The van der Waals surface area contributed by atoms with Crippen LogP contribution in [0.1, 0.15) is 57.8 Å². The summed E-state index contributed by atoms with van der Waals surface area (Å²) in [6.07, 6.45) is 5.27. The highest BCUT2D eigenvalue weighted by Crippen LogP contribution is 2.30. The smallest absolute Gasteiger partial charge is 0.334 e. The maximum Gasteiger partial charge on any atom is 0.334 e. The number of fused-ring (bicyclic) bond motifs is 1. The standard InChI is InChI=1S/C21H26O4/c1-5-24-20(23)16(12-17(22)14-21(2,3)4)13-19-18-9-7-6-8-15(18)10-11-25-19/h6-11,13,19H,5,12,14H2,1-4H3/b16-13+. The molecule has 0 saturated carbocycles. The Kier molecular flexibility index (Phi) is 6.18. The van der Waals surface area contributed by atoms with Crippen molar-refractivity contribution < 1.29 is 19.1 Å². The fourth-order valence-electron chi connectivity index (χ4n) is 2.79. The first-order chi connectivity index (χ1) is 11.8. The van der Waals surface area contributed by atoms with Crippen molar-refractivity contribution in [1.82, 2.24) is 0 Å². The van der Waals surface area contributed by atoms with Crippen LogP contribution in [-0.2, 0) is 19.1 Å². The van der Waals surface area contributed by atoms with Crippen LogP contribution in [0.2, 0.25) is 0 Å². The van der Waals surface area contributed by atoms with Crippen LogP contribution in [0.4, 0.5) is 0 Å². The van der Waals surface area contributed by atoms with Crippen LogP contribution in [0, 0.1) is 5.41 Å². The molecule has 0 fully saturated rings. The normalized spacial score (nSPS) is 16.8. The summed E-state index contributed by atoms with van der Waals surface area (Å²) in [5.74, 6) is -0.438. The molecule has 0 aliphatic carbocycles. The molecular weight excluding hydrogens is 316 g/mol. The van der Waals surface area contributed by atoms with E-state index in [2.05, 4.69) is 0 Å². The molecule has 2 rings (SSSR count). The van der Waals surface area contributed by atoms with Gasteiger partial charge in [-0.1, -0.05) is 45.0 Å². The van der Waals surface area contributed by atoms with E-state index in [1.54, 1.807) is 19.3 Å². The zero-order valence-corrected chi connectivity index (χ0v) is 15.4. The van der Waals surface area contributed by atoms with Crippen molar-refractivity contribution in [3.8, 4) is 0 Å². The number of hydrogen-bond acceptors (Lipinski definition) is 4. The lowest BCUT2D eigenvalue weighted by Crippen LogP contribution is -2.18. The second-order valence-corrected chi connectivity index (χ2v) is 7.35. The van der Waals surface area contributed by atoms with E-state index in [0.717, 1.165) is 11.1 Å². The van der Waals surface area contributed by atoms with Gasteiger partial charge in [0.2, 0.25) is 0 Å². The van der Waals surface area contributed by atoms with Crippen LogP contribution in [0.25, 0.3) is 6.08 Å². The lowest BCUT2D eigenvalue weighted by atomic mass is 9.87. The molecule has 1 aromatic rings. The van der Waals surface area contributed by atoms with Gasteiger partial charge in [-0.25, -0.2) is 4.79 Å². The highest BCUT2D eigenvalue weighted by molar-refractivity contribution is 5.96. The van der Waals surface area contributed by atoms with E-state index >= 15 is 0 Å². The van der Waals surface area contributed by atoms with Crippen LogP contribution in [0.3, 0.4) is 0 Å². The molecule has 1 aliphatic rings. The van der Waals surface area contributed by atoms with Gasteiger partial charge in [0.05, 0.1) is 12.9 Å². The van der Waals surface area contributed by atoms with E-state index in [1.165, 1.54) is 0 Å². The second-order valence-electron chi connectivity index (χ2n) is 7.35. The molecule has 0 aromatic heterocycles. The molecule has 4 heteroatoms. The molecule has 0 radical (unpaired) electrons. The number of Topliss-reactive ketones (excluding diaryl/α,β-unsaturated/α-hetero) is 1. The molecule has 1 atom stereocenters. The van der Waals surface area contributed by atoms with Crippen LogP contribution in [-0.4, -0.2) is 18.4 Å². The monoisotopic (exact) mass is 342 g/mol. The zero-order chi connectivity index (χ0) is 18.4. The minimum absolute atomic E-state index is 0.0199. The number of benzene rings is 1. The van der Waals surface area contributed by atoms with Crippen molar-refractivity contribution in [3.63, 3.8) is 0 Å². The third-order valence-electron chi connectivity index (χ3n) is 3.78. The molecule has 0 bridgehead atoms. The quantitative estimate of drug-likeness (QED) is 0.559. The lowest BCUT2D eigenvalue weighted by molar-refractivity contribution is -0.139. The summed E-state index contributed by atoms with van der Waals surface area (Å²) in [6.45, 7) is 8.03. The molecule has 1 aromatic carbocycles. The third-order valence-corrected chi connectivity index (χ3v) is 3.78. The zero-order valence-electron chi connectivity index (χ0n) is 15.4. The maximum absolute atomic E-state index is 12.4. The first kappa shape index (κ1) is 19.0. The van der Waals surface area contributed by atoms with Gasteiger partial charge in [-0.15, -0.1) is 0 Å². The summed E-state index contributed by atoms with van der Waals surface area (Å²) in [4.78, 5) is 24.7. The van der Waals surface area contributed by atoms with Crippen LogP contribution < -0.4 is 0 Å². The summed E-state index contributed by atoms with van der Waals surface area (Å²) < 4.78 is 10.8. The number of carbonyl (C=O) groups is 2. The van der Waals surface area contributed by atoms with Gasteiger partial charge in [-0.05, 0) is 30.1 Å². The van der Waals surface area contributed by atoms with Crippen LogP contribution in [0.5, 0.6) is 0 Å². The summed E-state index contributed by atoms with van der Waals surface area (Å²) >= 11 is 0. The predicted octanol–water partition coefficient (Wildman–Crippen LogP) is 4.61. The largest absolute Gasteiger partial charge is 0.489 e. The Labute approximate surface area is 149 Å². The van der Waals surface area contributed by atoms with Gasteiger partial charge < -0.3 is 9.47 Å². The van der Waals surface area contributed by atoms with Crippen molar-refractivity contribution >= 4 is 17.8 Å². The molecular formula is C21H26O4. The second kappa shape index (κ2) is 8.15. The molecule has 0 spiro atoms. The molecule has 134 valence electrons. The number of ether oxygens (including phenoxy) is 2. The number of esters is 1. The van der Waals surface area contributed by atoms with Crippen molar-refractivity contribution in [2.75, 3.05) is 6.61 Å². The molecule has 0 amide bonds. The average Bonchev–Trinajstić information content (AvgIpc) is 2.53. The first-order valence-electron chi connectivity index (χ1n) is 8.60.